The van der Waals surface area contributed by atoms with Crippen molar-refractivity contribution in [3.63, 3.8) is 0 Å². The van der Waals surface area contributed by atoms with E-state index in [0.29, 0.717) is 11.4 Å². The molecule has 1 aliphatic heterocycles. The molecule has 6 nitrogen and oxygen atoms in total. The van der Waals surface area contributed by atoms with Gasteiger partial charge in [0.2, 0.25) is 0 Å². The average molecular weight is 340 g/mol. The van der Waals surface area contributed by atoms with Gasteiger partial charge in [-0.1, -0.05) is 19.3 Å². The van der Waals surface area contributed by atoms with Crippen molar-refractivity contribution in [1.82, 2.24) is 20.1 Å². The predicted molar refractivity (Wildman–Crippen MR) is 93.6 cm³/mol. The Morgan fingerprint density at radius 3 is 2.92 bits per heavy atom. The van der Waals surface area contributed by atoms with Crippen LogP contribution in [0.2, 0.25) is 0 Å². The van der Waals surface area contributed by atoms with E-state index in [1.54, 1.807) is 35.4 Å². The summed E-state index contributed by atoms with van der Waals surface area (Å²) in [6, 6.07) is 5.57. The summed E-state index contributed by atoms with van der Waals surface area (Å²) in [5, 5.41) is 7.41. The second-order valence-corrected chi connectivity index (χ2v) is 7.08. The van der Waals surface area contributed by atoms with Gasteiger partial charge in [0.15, 0.2) is 5.82 Å². The highest BCUT2D eigenvalue weighted by Gasteiger charge is 2.39. The molecular formula is C19H24N4O2. The van der Waals surface area contributed by atoms with E-state index in [9.17, 15) is 4.79 Å². The molecule has 3 heterocycles. The average Bonchev–Trinajstić information content (AvgIpc) is 3.17. The smallest absolute Gasteiger partial charge is 0.255 e. The molecule has 25 heavy (non-hydrogen) atoms. The third-order valence-corrected chi connectivity index (χ3v) is 5.35. The van der Waals surface area contributed by atoms with Gasteiger partial charge in [-0.2, -0.15) is 5.10 Å². The van der Waals surface area contributed by atoms with Gasteiger partial charge < -0.3 is 10.1 Å². The first-order valence-electron chi connectivity index (χ1n) is 9.16. The second-order valence-electron chi connectivity index (χ2n) is 7.08. The lowest BCUT2D eigenvalue weighted by Crippen LogP contribution is -2.49. The molecule has 132 valence electrons. The van der Waals surface area contributed by atoms with Gasteiger partial charge >= 0.3 is 0 Å². The van der Waals surface area contributed by atoms with E-state index in [1.807, 2.05) is 6.07 Å². The Kier molecular flexibility index (Phi) is 4.53. The molecule has 1 atom stereocenters. The highest BCUT2D eigenvalue weighted by molar-refractivity contribution is 5.97. The van der Waals surface area contributed by atoms with Gasteiger partial charge in [-0.05, 0) is 43.9 Å². The van der Waals surface area contributed by atoms with Crippen molar-refractivity contribution < 1.29 is 9.53 Å². The number of hydrogen-bond donors (Lipinski definition) is 1. The molecule has 2 aromatic rings. The lowest BCUT2D eigenvalue weighted by Gasteiger charge is -2.43. The summed E-state index contributed by atoms with van der Waals surface area (Å²) in [5.41, 5.74) is 0.532. The molecule has 0 aromatic carbocycles. The maximum absolute atomic E-state index is 12.9. The van der Waals surface area contributed by atoms with Gasteiger partial charge in [-0.25, -0.2) is 9.67 Å². The van der Waals surface area contributed by atoms with Crippen molar-refractivity contribution in [2.45, 2.75) is 56.6 Å². The lowest BCUT2D eigenvalue weighted by molar-refractivity contribution is -0.107. The Labute approximate surface area is 147 Å². The van der Waals surface area contributed by atoms with Crippen molar-refractivity contribution in [2.24, 2.45) is 0 Å². The largest absolute Gasteiger partial charge is 0.375 e. The highest BCUT2D eigenvalue weighted by atomic mass is 16.5. The first-order chi connectivity index (χ1) is 12.3. The van der Waals surface area contributed by atoms with Gasteiger partial charge in [-0.15, -0.1) is 0 Å². The third-order valence-electron chi connectivity index (χ3n) is 5.35. The number of pyridine rings is 1. The van der Waals surface area contributed by atoms with Crippen LogP contribution >= 0.6 is 0 Å². The summed E-state index contributed by atoms with van der Waals surface area (Å²) >= 11 is 0. The molecule has 2 aliphatic rings. The molecule has 1 unspecified atom stereocenters. The van der Waals surface area contributed by atoms with Crippen LogP contribution in [0.25, 0.3) is 5.82 Å². The quantitative estimate of drug-likeness (QED) is 0.933. The fourth-order valence-corrected chi connectivity index (χ4v) is 4.11. The van der Waals surface area contributed by atoms with E-state index in [4.69, 9.17) is 4.74 Å². The fraction of sp³-hybridized carbons (Fsp3) is 0.526. The Hall–Kier alpha value is -2.21. The fourth-order valence-electron chi connectivity index (χ4n) is 4.11. The number of hydrogen-bond acceptors (Lipinski definition) is 4. The minimum atomic E-state index is -0.0866. The Morgan fingerprint density at radius 1 is 1.24 bits per heavy atom. The minimum absolute atomic E-state index is 0.0196. The van der Waals surface area contributed by atoms with Gasteiger partial charge in [-0.3, -0.25) is 4.79 Å². The van der Waals surface area contributed by atoms with Gasteiger partial charge in [0.05, 0.1) is 11.2 Å². The third kappa shape index (κ3) is 3.44. The predicted octanol–water partition coefficient (Wildman–Crippen LogP) is 2.88. The number of amides is 1. The van der Waals surface area contributed by atoms with Crippen LogP contribution in [0.3, 0.4) is 0 Å². The standard InChI is InChI=1S/C19H24N4O2/c24-18(16-6-4-10-20-17(16)23-12-5-11-21-23)22-15-7-13-25-19(14-15)8-2-1-3-9-19/h4-6,10-12,15H,1-3,7-9,13-14H2,(H,22,24). The van der Waals surface area contributed by atoms with Crippen LogP contribution in [0.15, 0.2) is 36.8 Å². The molecule has 0 bridgehead atoms. The highest BCUT2D eigenvalue weighted by Crippen LogP contribution is 2.38. The molecule has 6 heteroatoms. The van der Waals surface area contributed by atoms with Crippen molar-refractivity contribution >= 4 is 5.91 Å². The first kappa shape index (κ1) is 16.3. The monoisotopic (exact) mass is 340 g/mol. The number of nitrogens with one attached hydrogen (secondary N) is 1. The Bertz CT molecular complexity index is 717. The summed E-state index contributed by atoms with van der Waals surface area (Å²) in [4.78, 5) is 17.2. The molecule has 0 radical (unpaired) electrons. The zero-order valence-electron chi connectivity index (χ0n) is 14.4. The van der Waals surface area contributed by atoms with Gasteiger partial charge in [0.1, 0.15) is 0 Å². The number of nitrogens with zero attached hydrogens (tertiary/aromatic N) is 3. The molecule has 1 N–H and O–H groups in total. The summed E-state index contributed by atoms with van der Waals surface area (Å²) < 4.78 is 7.76. The zero-order chi connectivity index (χ0) is 17.1. The lowest BCUT2D eigenvalue weighted by atomic mass is 9.78. The zero-order valence-corrected chi connectivity index (χ0v) is 14.4. The number of carbonyl (C=O) groups excluding carboxylic acids is 1. The van der Waals surface area contributed by atoms with E-state index in [1.165, 1.54) is 19.3 Å². The number of rotatable bonds is 3. The van der Waals surface area contributed by atoms with Gasteiger partial charge in [0, 0.05) is 31.2 Å². The minimum Gasteiger partial charge on any atom is -0.375 e. The van der Waals surface area contributed by atoms with E-state index in [0.717, 1.165) is 32.3 Å². The Morgan fingerprint density at radius 2 is 2.12 bits per heavy atom. The number of aromatic nitrogens is 3. The topological polar surface area (TPSA) is 69.0 Å². The van der Waals surface area contributed by atoms with E-state index < -0.39 is 0 Å². The van der Waals surface area contributed by atoms with Crippen LogP contribution in [0.4, 0.5) is 0 Å². The van der Waals surface area contributed by atoms with Crippen LogP contribution < -0.4 is 5.32 Å². The van der Waals surface area contributed by atoms with Crippen LogP contribution in [0.1, 0.15) is 55.3 Å². The van der Waals surface area contributed by atoms with Crippen molar-refractivity contribution in [1.29, 1.82) is 0 Å². The molecule has 1 saturated heterocycles. The maximum atomic E-state index is 12.9. The van der Waals surface area contributed by atoms with Crippen LogP contribution in [-0.2, 0) is 4.74 Å². The van der Waals surface area contributed by atoms with Gasteiger partial charge in [0.25, 0.3) is 5.91 Å². The van der Waals surface area contributed by atoms with E-state index >= 15 is 0 Å². The number of ether oxygens (including phenoxy) is 1. The SMILES string of the molecule is O=C(NC1CCOC2(CCCCC2)C1)c1cccnc1-n1cccn1. The molecule has 2 aromatic heterocycles. The molecule has 1 saturated carbocycles. The summed E-state index contributed by atoms with van der Waals surface area (Å²) in [6.45, 7) is 0.726. The molecule has 1 spiro atoms. The molecule has 2 fully saturated rings. The van der Waals surface area contributed by atoms with Crippen LogP contribution in [0, 0.1) is 0 Å². The molecule has 4 rings (SSSR count). The molecule has 1 aliphatic carbocycles. The van der Waals surface area contributed by atoms with Crippen molar-refractivity contribution in [3.05, 3.63) is 42.4 Å². The van der Waals surface area contributed by atoms with Crippen LogP contribution in [-0.4, -0.2) is 38.9 Å². The first-order valence-corrected chi connectivity index (χ1v) is 9.16. The summed E-state index contributed by atoms with van der Waals surface area (Å²) in [7, 11) is 0. The van der Waals surface area contributed by atoms with E-state index in [-0.39, 0.29) is 17.6 Å². The Balaban J connectivity index is 1.49. The second kappa shape index (κ2) is 6.96. The summed E-state index contributed by atoms with van der Waals surface area (Å²) in [6.07, 6.45) is 12.9. The molecular weight excluding hydrogens is 316 g/mol. The molecule has 1 amide bonds. The number of carbonyl (C=O) groups is 1. The normalized spacial score (nSPS) is 22.6. The van der Waals surface area contributed by atoms with Crippen molar-refractivity contribution in [3.8, 4) is 5.82 Å². The summed E-state index contributed by atoms with van der Waals surface area (Å²) in [5.74, 6) is 0.473. The maximum Gasteiger partial charge on any atom is 0.255 e. The van der Waals surface area contributed by atoms with E-state index in [2.05, 4.69) is 15.4 Å². The van der Waals surface area contributed by atoms with Crippen LogP contribution in [0.5, 0.6) is 0 Å². The van der Waals surface area contributed by atoms with Crippen molar-refractivity contribution in [2.75, 3.05) is 6.61 Å².